The number of rotatable bonds is 5. The van der Waals surface area contributed by atoms with Crippen molar-refractivity contribution in [2.75, 3.05) is 17.3 Å². The topological polar surface area (TPSA) is 79.3 Å². The van der Waals surface area contributed by atoms with Crippen molar-refractivity contribution in [2.24, 2.45) is 0 Å². The molecule has 0 bridgehead atoms. The van der Waals surface area contributed by atoms with Gasteiger partial charge in [-0.3, -0.25) is 9.78 Å². The minimum absolute atomic E-state index is 0.212. The van der Waals surface area contributed by atoms with Crippen molar-refractivity contribution in [3.8, 4) is 0 Å². The van der Waals surface area contributed by atoms with Crippen LogP contribution in [0.15, 0.2) is 29.4 Å². The zero-order valence-corrected chi connectivity index (χ0v) is 11.8. The molecule has 1 amide bonds. The Morgan fingerprint density at radius 2 is 2.21 bits per heavy atom. The van der Waals surface area contributed by atoms with Gasteiger partial charge in [0.05, 0.1) is 5.75 Å². The summed E-state index contributed by atoms with van der Waals surface area (Å²) in [6.07, 6.45) is 3.80. The Morgan fingerprint density at radius 1 is 1.47 bits per heavy atom. The number of nitrogens with zero attached hydrogens (tertiary/aromatic N) is 1. The van der Waals surface area contributed by atoms with Crippen LogP contribution >= 0.6 is 23.5 Å². The summed E-state index contributed by atoms with van der Waals surface area (Å²) in [6.45, 7) is 0. The number of aliphatic carboxylic acids is 1. The molecule has 1 aromatic heterocycles. The van der Waals surface area contributed by atoms with E-state index in [2.05, 4.69) is 10.3 Å². The highest BCUT2D eigenvalue weighted by atomic mass is 32.2. The first-order valence-corrected chi connectivity index (χ1v) is 7.91. The van der Waals surface area contributed by atoms with Gasteiger partial charge in [-0.15, -0.1) is 11.8 Å². The van der Waals surface area contributed by atoms with Gasteiger partial charge in [0.25, 0.3) is 0 Å². The van der Waals surface area contributed by atoms with Crippen LogP contribution in [0.3, 0.4) is 0 Å². The molecular weight excluding hydrogens is 284 g/mol. The molecule has 0 spiro atoms. The van der Waals surface area contributed by atoms with Crippen molar-refractivity contribution in [3.05, 3.63) is 24.5 Å². The Labute approximate surface area is 119 Å². The van der Waals surface area contributed by atoms with Gasteiger partial charge in [-0.25, -0.2) is 4.79 Å². The number of hydrogen-bond acceptors (Lipinski definition) is 5. The van der Waals surface area contributed by atoms with Gasteiger partial charge in [0.2, 0.25) is 5.91 Å². The highest BCUT2D eigenvalue weighted by Crippen LogP contribution is 2.28. The molecule has 1 saturated heterocycles. The van der Waals surface area contributed by atoms with Crippen LogP contribution in [0.1, 0.15) is 6.42 Å². The van der Waals surface area contributed by atoms with Gasteiger partial charge < -0.3 is 10.4 Å². The molecule has 7 heteroatoms. The lowest BCUT2D eigenvalue weighted by Gasteiger charge is -2.24. The Kier molecular flexibility index (Phi) is 4.71. The second-order valence-corrected chi connectivity index (χ2v) is 6.36. The minimum atomic E-state index is -1.08. The summed E-state index contributed by atoms with van der Waals surface area (Å²) in [5.41, 5.74) is -1.08. The van der Waals surface area contributed by atoms with E-state index in [0.717, 1.165) is 10.6 Å². The van der Waals surface area contributed by atoms with Gasteiger partial charge >= 0.3 is 5.97 Å². The first-order valence-electron chi connectivity index (χ1n) is 5.77. The maximum absolute atomic E-state index is 11.9. The third-order valence-electron chi connectivity index (χ3n) is 2.83. The van der Waals surface area contributed by atoms with Gasteiger partial charge in [0.15, 0.2) is 0 Å². The summed E-state index contributed by atoms with van der Waals surface area (Å²) in [7, 11) is 0. The van der Waals surface area contributed by atoms with Crippen LogP contribution in [0.5, 0.6) is 0 Å². The van der Waals surface area contributed by atoms with Crippen LogP contribution < -0.4 is 5.32 Å². The third kappa shape index (κ3) is 3.63. The van der Waals surface area contributed by atoms with Crippen LogP contribution in [0.2, 0.25) is 0 Å². The number of thioether (sulfide) groups is 2. The van der Waals surface area contributed by atoms with Gasteiger partial charge in [0.1, 0.15) is 5.54 Å². The molecule has 0 aromatic carbocycles. The van der Waals surface area contributed by atoms with E-state index in [1.165, 1.54) is 11.8 Å². The van der Waals surface area contributed by atoms with E-state index in [1.54, 1.807) is 24.2 Å². The van der Waals surface area contributed by atoms with E-state index in [1.807, 2.05) is 12.1 Å². The first kappa shape index (κ1) is 14.2. The summed E-state index contributed by atoms with van der Waals surface area (Å²) in [4.78, 5) is 28.0. The minimum Gasteiger partial charge on any atom is -0.479 e. The normalized spacial score (nSPS) is 22.1. The Hall–Kier alpha value is -1.21. The lowest BCUT2D eigenvalue weighted by molar-refractivity contribution is -0.146. The number of nitrogens with one attached hydrogen (secondary N) is 1. The summed E-state index contributed by atoms with van der Waals surface area (Å²) in [6, 6.07) is 3.63. The Morgan fingerprint density at radius 3 is 2.79 bits per heavy atom. The van der Waals surface area contributed by atoms with Gasteiger partial charge in [-0.05, 0) is 24.3 Å². The zero-order valence-electron chi connectivity index (χ0n) is 10.2. The van der Waals surface area contributed by atoms with E-state index in [4.69, 9.17) is 0 Å². The molecule has 1 atom stereocenters. The molecule has 2 heterocycles. The smallest absolute Gasteiger partial charge is 0.330 e. The molecule has 102 valence electrons. The van der Waals surface area contributed by atoms with Crippen LogP contribution in [-0.4, -0.2) is 44.8 Å². The average molecular weight is 298 g/mol. The van der Waals surface area contributed by atoms with Gasteiger partial charge in [-0.2, -0.15) is 11.8 Å². The molecule has 2 N–H and O–H groups in total. The molecule has 1 unspecified atom stereocenters. The highest BCUT2D eigenvalue weighted by molar-refractivity contribution is 8.00. The SMILES string of the molecule is O=C(CSc1ccncc1)NC1(C(=O)O)CCSC1. The van der Waals surface area contributed by atoms with Crippen molar-refractivity contribution < 1.29 is 14.7 Å². The monoisotopic (exact) mass is 298 g/mol. The van der Waals surface area contributed by atoms with E-state index >= 15 is 0 Å². The molecule has 19 heavy (non-hydrogen) atoms. The van der Waals surface area contributed by atoms with Crippen LogP contribution in [0.25, 0.3) is 0 Å². The third-order valence-corrected chi connectivity index (χ3v) is 5.03. The predicted octanol–water partition coefficient (Wildman–Crippen LogP) is 1.25. The molecule has 1 fully saturated rings. The second-order valence-electron chi connectivity index (χ2n) is 4.21. The number of pyridine rings is 1. The van der Waals surface area contributed by atoms with Crippen LogP contribution in [0.4, 0.5) is 0 Å². The summed E-state index contributed by atoms with van der Waals surface area (Å²) < 4.78 is 0. The van der Waals surface area contributed by atoms with E-state index in [9.17, 15) is 14.7 Å². The average Bonchev–Trinajstić information content (AvgIpc) is 2.87. The lowest BCUT2D eigenvalue weighted by atomic mass is 9.99. The van der Waals surface area contributed by atoms with Crippen molar-refractivity contribution in [3.63, 3.8) is 0 Å². The summed E-state index contributed by atoms with van der Waals surface area (Å²) in [5, 5.41) is 11.9. The zero-order chi connectivity index (χ0) is 13.7. The largest absolute Gasteiger partial charge is 0.479 e. The molecule has 1 aliphatic heterocycles. The fraction of sp³-hybridized carbons (Fsp3) is 0.417. The van der Waals surface area contributed by atoms with Crippen molar-refractivity contribution in [1.82, 2.24) is 10.3 Å². The number of hydrogen-bond donors (Lipinski definition) is 2. The van der Waals surface area contributed by atoms with Crippen LogP contribution in [-0.2, 0) is 9.59 Å². The summed E-state index contributed by atoms with van der Waals surface area (Å²) >= 11 is 2.93. The number of carbonyl (C=O) groups is 2. The fourth-order valence-corrected chi connectivity index (χ4v) is 3.78. The van der Waals surface area contributed by atoms with E-state index in [0.29, 0.717) is 12.2 Å². The number of amides is 1. The number of carboxylic acid groups (broad SMARTS) is 1. The Bertz CT molecular complexity index is 461. The molecular formula is C12H14N2O3S2. The number of carboxylic acids is 1. The highest BCUT2D eigenvalue weighted by Gasteiger charge is 2.43. The second kappa shape index (κ2) is 6.29. The van der Waals surface area contributed by atoms with Crippen molar-refractivity contribution in [2.45, 2.75) is 16.9 Å². The van der Waals surface area contributed by atoms with Crippen LogP contribution in [0, 0.1) is 0 Å². The quantitative estimate of drug-likeness (QED) is 0.797. The molecule has 1 aromatic rings. The van der Waals surface area contributed by atoms with Crippen molar-refractivity contribution >= 4 is 35.4 Å². The fourth-order valence-electron chi connectivity index (χ4n) is 1.77. The first-order chi connectivity index (χ1) is 9.12. The summed E-state index contributed by atoms with van der Waals surface area (Å²) in [5.74, 6) is 0.230. The number of aromatic nitrogens is 1. The standard InChI is InChI=1S/C12H14N2O3S2/c15-10(7-19-9-1-4-13-5-2-9)14-12(11(16)17)3-6-18-8-12/h1-2,4-5H,3,6-8H2,(H,14,15)(H,16,17). The van der Waals surface area contributed by atoms with Gasteiger partial charge in [-0.1, -0.05) is 0 Å². The van der Waals surface area contributed by atoms with Crippen molar-refractivity contribution in [1.29, 1.82) is 0 Å². The molecule has 0 saturated carbocycles. The molecule has 0 radical (unpaired) electrons. The lowest BCUT2D eigenvalue weighted by Crippen LogP contribution is -2.55. The molecule has 0 aliphatic carbocycles. The van der Waals surface area contributed by atoms with E-state index in [-0.39, 0.29) is 11.7 Å². The molecule has 5 nitrogen and oxygen atoms in total. The Balaban J connectivity index is 1.88. The predicted molar refractivity (Wildman–Crippen MR) is 75.4 cm³/mol. The van der Waals surface area contributed by atoms with Gasteiger partial charge in [0, 0.05) is 23.0 Å². The maximum Gasteiger partial charge on any atom is 0.330 e. The molecule has 2 rings (SSSR count). The number of carbonyl (C=O) groups excluding carboxylic acids is 1. The maximum atomic E-state index is 11.9. The molecule has 1 aliphatic rings. The van der Waals surface area contributed by atoms with E-state index < -0.39 is 11.5 Å².